The van der Waals surface area contributed by atoms with E-state index in [1.807, 2.05) is 0 Å². The van der Waals surface area contributed by atoms with Gasteiger partial charge in [0.15, 0.2) is 0 Å². The summed E-state index contributed by atoms with van der Waals surface area (Å²) in [5, 5.41) is 9.17. The van der Waals surface area contributed by atoms with Crippen LogP contribution in [-0.4, -0.2) is 18.3 Å². The fraction of sp³-hybridized carbons (Fsp3) is 0.333. The van der Waals surface area contributed by atoms with Crippen LogP contribution in [0.15, 0.2) is 18.2 Å². The Kier molecular flexibility index (Phi) is 4.02. The molecule has 1 aromatic carbocycles. The van der Waals surface area contributed by atoms with E-state index in [2.05, 4.69) is 0 Å². The highest BCUT2D eigenvalue weighted by molar-refractivity contribution is 6.31. The molecule has 0 amide bonds. The van der Waals surface area contributed by atoms with Gasteiger partial charge in [0.25, 0.3) is 0 Å². The van der Waals surface area contributed by atoms with Crippen LogP contribution < -0.4 is 10.5 Å². The molecule has 0 fully saturated rings. The van der Waals surface area contributed by atoms with Crippen molar-refractivity contribution in [1.29, 1.82) is 0 Å². The molecule has 4 heteroatoms. The van der Waals surface area contributed by atoms with Gasteiger partial charge in [-0.1, -0.05) is 17.7 Å². The summed E-state index contributed by atoms with van der Waals surface area (Å²) in [7, 11) is 0. The molecule has 0 aliphatic heterocycles. The highest BCUT2D eigenvalue weighted by Crippen LogP contribution is 2.25. The maximum Gasteiger partial charge on any atom is 0.125 e. The van der Waals surface area contributed by atoms with Crippen molar-refractivity contribution in [2.24, 2.45) is 5.73 Å². The summed E-state index contributed by atoms with van der Waals surface area (Å²) in [5.41, 5.74) is 6.27. The molecule has 0 saturated carbocycles. The smallest absolute Gasteiger partial charge is 0.125 e. The number of halogens is 1. The van der Waals surface area contributed by atoms with Crippen molar-refractivity contribution in [3.05, 3.63) is 28.8 Å². The van der Waals surface area contributed by atoms with E-state index in [0.29, 0.717) is 17.3 Å². The van der Waals surface area contributed by atoms with Crippen molar-refractivity contribution in [2.45, 2.75) is 6.54 Å². The minimum atomic E-state index is -0.0173. The van der Waals surface area contributed by atoms with Gasteiger partial charge in [-0.3, -0.25) is 0 Å². The first-order valence-electron chi connectivity index (χ1n) is 4.00. The molecule has 0 aliphatic rings. The number of benzene rings is 1. The highest BCUT2D eigenvalue weighted by Gasteiger charge is 2.05. The molecule has 3 N–H and O–H groups in total. The molecule has 0 atom stereocenters. The predicted molar refractivity (Wildman–Crippen MR) is 51.9 cm³/mol. The number of hydrogen-bond acceptors (Lipinski definition) is 3. The lowest BCUT2D eigenvalue weighted by Gasteiger charge is -2.10. The van der Waals surface area contributed by atoms with Gasteiger partial charge >= 0.3 is 0 Å². The van der Waals surface area contributed by atoms with E-state index in [9.17, 15) is 0 Å². The summed E-state index contributed by atoms with van der Waals surface area (Å²) in [6, 6.07) is 5.33. The highest BCUT2D eigenvalue weighted by atomic mass is 35.5. The molecule has 0 unspecified atom stereocenters. The molecule has 1 rings (SSSR count). The number of nitrogens with two attached hydrogens (primary N) is 1. The third-order valence-electron chi connectivity index (χ3n) is 1.63. The Morgan fingerprint density at radius 3 is 2.85 bits per heavy atom. The van der Waals surface area contributed by atoms with E-state index in [0.717, 1.165) is 5.56 Å². The number of hydrogen-bond donors (Lipinski definition) is 2. The topological polar surface area (TPSA) is 55.5 Å². The Balaban J connectivity index is 2.85. The van der Waals surface area contributed by atoms with Crippen molar-refractivity contribution in [3.8, 4) is 5.75 Å². The minimum Gasteiger partial charge on any atom is -0.491 e. The minimum absolute atomic E-state index is 0.0173. The summed E-state index contributed by atoms with van der Waals surface area (Å²) >= 11 is 5.89. The fourth-order valence-corrected chi connectivity index (χ4v) is 1.27. The molecule has 0 aliphatic carbocycles. The standard InChI is InChI=1S/C9H12ClNO2/c10-8-2-1-3-9(7(8)6-11)13-5-4-12/h1-3,12H,4-6,11H2. The van der Waals surface area contributed by atoms with Gasteiger partial charge in [-0.25, -0.2) is 0 Å². The Morgan fingerprint density at radius 1 is 1.46 bits per heavy atom. The molecule has 0 aromatic heterocycles. The van der Waals surface area contributed by atoms with Crippen molar-refractivity contribution >= 4 is 11.6 Å². The van der Waals surface area contributed by atoms with Crippen LogP contribution in [0.5, 0.6) is 5.75 Å². The molecule has 0 heterocycles. The molecule has 0 spiro atoms. The van der Waals surface area contributed by atoms with E-state index >= 15 is 0 Å². The Labute approximate surface area is 82.1 Å². The zero-order valence-electron chi connectivity index (χ0n) is 7.16. The third-order valence-corrected chi connectivity index (χ3v) is 1.98. The van der Waals surface area contributed by atoms with Crippen LogP contribution in [0, 0.1) is 0 Å². The van der Waals surface area contributed by atoms with Gasteiger partial charge in [0.05, 0.1) is 6.61 Å². The summed E-state index contributed by atoms with van der Waals surface area (Å²) in [6.45, 7) is 0.574. The average Bonchev–Trinajstić information content (AvgIpc) is 2.15. The second-order valence-electron chi connectivity index (χ2n) is 2.49. The Bertz CT molecular complexity index is 278. The lowest BCUT2D eigenvalue weighted by atomic mass is 10.2. The molecule has 3 nitrogen and oxygen atoms in total. The van der Waals surface area contributed by atoms with Crippen molar-refractivity contribution in [2.75, 3.05) is 13.2 Å². The van der Waals surface area contributed by atoms with Gasteiger partial charge < -0.3 is 15.6 Å². The zero-order valence-corrected chi connectivity index (χ0v) is 7.92. The molecule has 13 heavy (non-hydrogen) atoms. The van der Waals surface area contributed by atoms with Crippen LogP contribution in [0.1, 0.15) is 5.56 Å². The van der Waals surface area contributed by atoms with Gasteiger partial charge in [-0.15, -0.1) is 0 Å². The molecule has 0 saturated heterocycles. The largest absolute Gasteiger partial charge is 0.491 e. The first-order chi connectivity index (χ1) is 6.29. The van der Waals surface area contributed by atoms with E-state index in [1.54, 1.807) is 18.2 Å². The van der Waals surface area contributed by atoms with Crippen molar-refractivity contribution < 1.29 is 9.84 Å². The second-order valence-corrected chi connectivity index (χ2v) is 2.90. The van der Waals surface area contributed by atoms with Crippen LogP contribution in [0.25, 0.3) is 0 Å². The molecule has 1 aromatic rings. The van der Waals surface area contributed by atoms with E-state index in [-0.39, 0.29) is 13.2 Å². The normalized spacial score (nSPS) is 10.1. The van der Waals surface area contributed by atoms with Crippen molar-refractivity contribution in [1.82, 2.24) is 0 Å². The van der Waals surface area contributed by atoms with Gasteiger partial charge in [0.2, 0.25) is 0 Å². The van der Waals surface area contributed by atoms with E-state index in [4.69, 9.17) is 27.2 Å². The van der Waals surface area contributed by atoms with Gasteiger partial charge in [-0.05, 0) is 12.1 Å². The third kappa shape index (κ3) is 2.59. The molecule has 0 bridgehead atoms. The summed E-state index contributed by atoms with van der Waals surface area (Å²) in [4.78, 5) is 0. The Hall–Kier alpha value is -0.770. The Morgan fingerprint density at radius 2 is 2.23 bits per heavy atom. The lowest BCUT2D eigenvalue weighted by molar-refractivity contribution is 0.200. The van der Waals surface area contributed by atoms with Crippen LogP contribution >= 0.6 is 11.6 Å². The van der Waals surface area contributed by atoms with E-state index < -0.39 is 0 Å². The molecule has 72 valence electrons. The fourth-order valence-electron chi connectivity index (χ4n) is 1.03. The number of aliphatic hydroxyl groups is 1. The maximum absolute atomic E-state index is 8.57. The van der Waals surface area contributed by atoms with Gasteiger partial charge in [-0.2, -0.15) is 0 Å². The second kappa shape index (κ2) is 5.07. The number of aliphatic hydroxyl groups excluding tert-OH is 1. The summed E-state index contributed by atoms with van der Waals surface area (Å²) < 4.78 is 5.24. The predicted octanol–water partition coefficient (Wildman–Crippen LogP) is 1.17. The molecular formula is C9H12ClNO2. The van der Waals surface area contributed by atoms with Crippen LogP contribution in [-0.2, 0) is 6.54 Å². The quantitative estimate of drug-likeness (QED) is 0.769. The van der Waals surface area contributed by atoms with Crippen LogP contribution in [0.2, 0.25) is 5.02 Å². The summed E-state index contributed by atoms with van der Waals surface area (Å²) in [6.07, 6.45) is 0. The van der Waals surface area contributed by atoms with Gasteiger partial charge in [0, 0.05) is 17.1 Å². The first kappa shape index (κ1) is 10.3. The maximum atomic E-state index is 8.57. The molecular weight excluding hydrogens is 190 g/mol. The molecule has 0 radical (unpaired) electrons. The summed E-state index contributed by atoms with van der Waals surface area (Å²) in [5.74, 6) is 0.643. The zero-order chi connectivity index (χ0) is 9.68. The van der Waals surface area contributed by atoms with Gasteiger partial charge in [0.1, 0.15) is 12.4 Å². The number of ether oxygens (including phenoxy) is 1. The SMILES string of the molecule is NCc1c(Cl)cccc1OCCO. The van der Waals surface area contributed by atoms with Crippen LogP contribution in [0.3, 0.4) is 0 Å². The lowest BCUT2D eigenvalue weighted by Crippen LogP contribution is -2.06. The van der Waals surface area contributed by atoms with Crippen molar-refractivity contribution in [3.63, 3.8) is 0 Å². The first-order valence-corrected chi connectivity index (χ1v) is 4.38. The van der Waals surface area contributed by atoms with Crippen LogP contribution in [0.4, 0.5) is 0 Å². The monoisotopic (exact) mass is 201 g/mol. The van der Waals surface area contributed by atoms with E-state index in [1.165, 1.54) is 0 Å². The number of rotatable bonds is 4. The average molecular weight is 202 g/mol.